The fourth-order valence-corrected chi connectivity index (χ4v) is 2.03. The average Bonchev–Trinajstić information content (AvgIpc) is 2.76. The maximum Gasteiger partial charge on any atom is 0.327 e. The van der Waals surface area contributed by atoms with Crippen LogP contribution in [0.3, 0.4) is 0 Å². The number of carbonyl (C=O) groups is 2. The summed E-state index contributed by atoms with van der Waals surface area (Å²) >= 11 is 0. The molecule has 1 saturated heterocycles. The van der Waals surface area contributed by atoms with E-state index in [1.54, 1.807) is 11.9 Å². The van der Waals surface area contributed by atoms with E-state index in [0.29, 0.717) is 0 Å². The third-order valence-corrected chi connectivity index (χ3v) is 3.12. The quantitative estimate of drug-likeness (QED) is 0.546. The van der Waals surface area contributed by atoms with Crippen molar-refractivity contribution >= 4 is 11.9 Å². The van der Waals surface area contributed by atoms with E-state index in [1.165, 1.54) is 4.90 Å². The van der Waals surface area contributed by atoms with Gasteiger partial charge in [-0.2, -0.15) is 0 Å². The highest BCUT2D eigenvalue weighted by Crippen LogP contribution is 2.48. The molecular weight excluding hydrogens is 180 g/mol. The van der Waals surface area contributed by atoms with E-state index in [2.05, 4.69) is 0 Å². The lowest BCUT2D eigenvalue weighted by Gasteiger charge is -2.29. The van der Waals surface area contributed by atoms with Crippen molar-refractivity contribution in [3.63, 3.8) is 0 Å². The number of hydrogen-bond acceptors (Lipinski definition) is 2. The Morgan fingerprint density at radius 1 is 1.21 bits per heavy atom. The van der Waals surface area contributed by atoms with Crippen molar-refractivity contribution in [3.8, 4) is 0 Å². The van der Waals surface area contributed by atoms with Crippen LogP contribution in [0.1, 0.15) is 33.6 Å². The Morgan fingerprint density at radius 3 is 1.93 bits per heavy atom. The van der Waals surface area contributed by atoms with E-state index in [4.69, 9.17) is 0 Å². The Bertz CT molecular complexity index is 313. The first kappa shape index (κ1) is 9.49. The van der Waals surface area contributed by atoms with Gasteiger partial charge < -0.3 is 4.90 Å². The Labute approximate surface area is 83.9 Å². The van der Waals surface area contributed by atoms with Crippen LogP contribution in [-0.4, -0.2) is 39.9 Å². The van der Waals surface area contributed by atoms with Gasteiger partial charge in [0.25, 0.3) is 5.91 Å². The van der Waals surface area contributed by atoms with Gasteiger partial charge >= 0.3 is 6.03 Å². The van der Waals surface area contributed by atoms with Crippen LogP contribution in [0.2, 0.25) is 0 Å². The zero-order chi connectivity index (χ0) is 10.7. The fourth-order valence-electron chi connectivity index (χ4n) is 2.03. The molecule has 0 aromatic carbocycles. The minimum atomic E-state index is -0.468. The van der Waals surface area contributed by atoms with Crippen LogP contribution < -0.4 is 0 Å². The van der Waals surface area contributed by atoms with Crippen LogP contribution in [0.5, 0.6) is 0 Å². The summed E-state index contributed by atoms with van der Waals surface area (Å²) in [5.74, 6) is -0.0162. The van der Waals surface area contributed by atoms with Crippen LogP contribution in [0.25, 0.3) is 0 Å². The highest BCUT2D eigenvalue weighted by molar-refractivity contribution is 6.09. The first-order valence-corrected chi connectivity index (χ1v) is 4.93. The molecule has 1 aliphatic heterocycles. The lowest BCUT2D eigenvalue weighted by atomic mass is 10.1. The number of urea groups is 1. The van der Waals surface area contributed by atoms with Gasteiger partial charge in [0.2, 0.25) is 0 Å². The second-order valence-corrected chi connectivity index (χ2v) is 5.18. The van der Waals surface area contributed by atoms with Gasteiger partial charge in [-0.15, -0.1) is 0 Å². The molecule has 2 aliphatic rings. The van der Waals surface area contributed by atoms with Crippen molar-refractivity contribution in [2.75, 3.05) is 7.05 Å². The summed E-state index contributed by atoms with van der Waals surface area (Å²) in [4.78, 5) is 26.9. The highest BCUT2D eigenvalue weighted by Gasteiger charge is 2.65. The second kappa shape index (κ2) is 2.30. The Balaban J connectivity index is 2.38. The number of carbonyl (C=O) groups excluding carboxylic acids is 2. The zero-order valence-electron chi connectivity index (χ0n) is 9.13. The molecule has 0 bridgehead atoms. The molecule has 1 saturated carbocycles. The molecule has 0 atom stereocenters. The second-order valence-electron chi connectivity index (χ2n) is 5.18. The summed E-state index contributed by atoms with van der Waals surface area (Å²) in [6, 6.07) is -0.153. The lowest BCUT2D eigenvalue weighted by molar-refractivity contribution is -0.132. The van der Waals surface area contributed by atoms with Gasteiger partial charge in [-0.25, -0.2) is 4.79 Å². The standard InChI is InChI=1S/C10H16N2O2/c1-9(2,3)12-7(13)10(5-6-10)11(4)8(12)14/h5-6H2,1-4H3. The third kappa shape index (κ3) is 0.938. The van der Waals surface area contributed by atoms with Crippen LogP contribution >= 0.6 is 0 Å². The van der Waals surface area contributed by atoms with Gasteiger partial charge in [0.1, 0.15) is 5.54 Å². The predicted octanol–water partition coefficient (Wildman–Crippen LogP) is 1.21. The zero-order valence-corrected chi connectivity index (χ0v) is 9.13. The Kier molecular flexibility index (Phi) is 1.56. The molecule has 0 radical (unpaired) electrons. The minimum Gasteiger partial charge on any atom is -0.313 e. The van der Waals surface area contributed by atoms with Gasteiger partial charge in [-0.05, 0) is 33.6 Å². The van der Waals surface area contributed by atoms with Gasteiger partial charge in [0.15, 0.2) is 0 Å². The Morgan fingerprint density at radius 2 is 1.71 bits per heavy atom. The third-order valence-electron chi connectivity index (χ3n) is 3.12. The van der Waals surface area contributed by atoms with Crippen molar-refractivity contribution in [2.24, 2.45) is 0 Å². The van der Waals surface area contributed by atoms with Gasteiger partial charge in [0, 0.05) is 12.6 Å². The first-order chi connectivity index (χ1) is 6.31. The summed E-state index contributed by atoms with van der Waals surface area (Å²) in [7, 11) is 1.72. The molecule has 4 nitrogen and oxygen atoms in total. The summed E-state index contributed by atoms with van der Waals surface area (Å²) in [5.41, 5.74) is -0.876. The number of nitrogens with zero attached hydrogens (tertiary/aromatic N) is 2. The fraction of sp³-hybridized carbons (Fsp3) is 0.800. The molecule has 0 N–H and O–H groups in total. The maximum absolute atomic E-state index is 12.0. The molecule has 1 aliphatic carbocycles. The Hall–Kier alpha value is -1.06. The molecule has 1 heterocycles. The molecule has 4 heteroatoms. The number of amides is 3. The largest absolute Gasteiger partial charge is 0.327 e. The molecule has 0 aromatic rings. The van der Waals surface area contributed by atoms with Crippen molar-refractivity contribution in [1.82, 2.24) is 9.80 Å². The van der Waals surface area contributed by atoms with E-state index >= 15 is 0 Å². The topological polar surface area (TPSA) is 40.6 Å². The number of hydrogen-bond donors (Lipinski definition) is 0. The number of imide groups is 1. The normalized spacial score (nSPS) is 25.1. The SMILES string of the molecule is CN1C(=O)N(C(C)(C)C)C(=O)C12CC2. The lowest BCUT2D eigenvalue weighted by Crippen LogP contribution is -2.46. The molecular formula is C10H16N2O2. The summed E-state index contributed by atoms with van der Waals surface area (Å²) in [5, 5.41) is 0. The molecule has 2 rings (SSSR count). The van der Waals surface area contributed by atoms with Crippen LogP contribution in [0.15, 0.2) is 0 Å². The summed E-state index contributed by atoms with van der Waals surface area (Å²) in [6.07, 6.45) is 1.64. The van der Waals surface area contributed by atoms with Crippen molar-refractivity contribution in [1.29, 1.82) is 0 Å². The van der Waals surface area contributed by atoms with Gasteiger partial charge in [-0.1, -0.05) is 0 Å². The first-order valence-electron chi connectivity index (χ1n) is 4.93. The molecule has 14 heavy (non-hydrogen) atoms. The predicted molar refractivity (Wildman–Crippen MR) is 51.7 cm³/mol. The van der Waals surface area contributed by atoms with E-state index in [1.807, 2.05) is 20.8 Å². The number of likely N-dealkylation sites (N-methyl/N-ethyl adjacent to an activating group) is 1. The van der Waals surface area contributed by atoms with Gasteiger partial charge in [0.05, 0.1) is 0 Å². The molecule has 3 amide bonds. The van der Waals surface area contributed by atoms with Crippen LogP contribution in [0, 0.1) is 0 Å². The van der Waals surface area contributed by atoms with Crippen LogP contribution in [0.4, 0.5) is 4.79 Å². The maximum atomic E-state index is 12.0. The van der Waals surface area contributed by atoms with Crippen LogP contribution in [-0.2, 0) is 4.79 Å². The van der Waals surface area contributed by atoms with Crippen molar-refractivity contribution < 1.29 is 9.59 Å². The number of rotatable bonds is 0. The average molecular weight is 196 g/mol. The molecule has 1 spiro atoms. The minimum absolute atomic E-state index is 0.0162. The summed E-state index contributed by atoms with van der Waals surface area (Å²) in [6.45, 7) is 5.66. The highest BCUT2D eigenvalue weighted by atomic mass is 16.2. The van der Waals surface area contributed by atoms with E-state index in [0.717, 1.165) is 12.8 Å². The molecule has 0 unspecified atom stereocenters. The molecule has 0 aromatic heterocycles. The van der Waals surface area contributed by atoms with E-state index < -0.39 is 11.1 Å². The molecule has 2 fully saturated rings. The van der Waals surface area contributed by atoms with E-state index in [-0.39, 0.29) is 11.9 Å². The molecule has 78 valence electrons. The van der Waals surface area contributed by atoms with Gasteiger partial charge in [-0.3, -0.25) is 9.69 Å². The smallest absolute Gasteiger partial charge is 0.313 e. The van der Waals surface area contributed by atoms with Crippen molar-refractivity contribution in [3.05, 3.63) is 0 Å². The van der Waals surface area contributed by atoms with E-state index in [9.17, 15) is 9.59 Å². The monoisotopic (exact) mass is 196 g/mol. The summed E-state index contributed by atoms with van der Waals surface area (Å²) < 4.78 is 0. The van der Waals surface area contributed by atoms with Crippen molar-refractivity contribution in [2.45, 2.75) is 44.7 Å².